The molecular formula is C25H42N3O5S+. The zero-order valence-electron chi connectivity index (χ0n) is 21.7. The maximum atomic E-state index is 12.4. The van der Waals surface area contributed by atoms with Crippen LogP contribution in [0.5, 0.6) is 5.88 Å². The van der Waals surface area contributed by atoms with E-state index in [4.69, 9.17) is 14.2 Å². The SMILES string of the molecule is CCCCCCOc1nsnc1C1=CCC[N+](C)([C@@H](C)OC(=O)CCCC(=O)OC(C)(C)C)C1. The third-order valence-electron chi connectivity index (χ3n) is 5.92. The van der Waals surface area contributed by atoms with Gasteiger partial charge in [0.15, 0.2) is 0 Å². The molecule has 0 fully saturated rings. The van der Waals surface area contributed by atoms with Crippen LogP contribution in [0, 0.1) is 0 Å². The standard InChI is InChI=1S/C25H42N3O5S/c1-7-8-9-10-17-31-24-23(26-34-27-24)20-13-12-16-28(6,18-20)19(2)32-21(29)14-11-15-22(30)33-25(3,4)5/h13,19H,7-12,14-18H2,1-6H3/q+1/t19-,28?/m1/s1. The van der Waals surface area contributed by atoms with Gasteiger partial charge >= 0.3 is 11.9 Å². The van der Waals surface area contributed by atoms with Crippen LogP contribution in [0.1, 0.15) is 91.7 Å². The fourth-order valence-corrected chi connectivity index (χ4v) is 4.39. The lowest BCUT2D eigenvalue weighted by atomic mass is 10.0. The van der Waals surface area contributed by atoms with E-state index < -0.39 is 5.60 Å². The van der Waals surface area contributed by atoms with E-state index in [0.717, 1.165) is 37.1 Å². The Hall–Kier alpha value is -2.00. The van der Waals surface area contributed by atoms with E-state index in [2.05, 4.69) is 28.8 Å². The van der Waals surface area contributed by atoms with E-state index in [9.17, 15) is 9.59 Å². The van der Waals surface area contributed by atoms with Crippen LogP contribution in [0.15, 0.2) is 6.08 Å². The molecule has 2 atom stereocenters. The van der Waals surface area contributed by atoms with Gasteiger partial charge in [0, 0.05) is 31.8 Å². The van der Waals surface area contributed by atoms with E-state index >= 15 is 0 Å². The van der Waals surface area contributed by atoms with Crippen molar-refractivity contribution in [1.82, 2.24) is 8.75 Å². The van der Waals surface area contributed by atoms with E-state index in [1.807, 2.05) is 27.7 Å². The second-order valence-electron chi connectivity index (χ2n) is 10.2. The van der Waals surface area contributed by atoms with Gasteiger partial charge in [-0.2, -0.15) is 4.37 Å². The molecular weight excluding hydrogens is 454 g/mol. The molecule has 0 aromatic carbocycles. The van der Waals surface area contributed by atoms with Gasteiger partial charge in [0.1, 0.15) is 17.8 Å². The van der Waals surface area contributed by atoms with Crippen molar-refractivity contribution >= 4 is 29.2 Å². The maximum Gasteiger partial charge on any atom is 0.310 e. The second-order valence-corrected chi connectivity index (χ2v) is 10.8. The molecule has 0 saturated heterocycles. The van der Waals surface area contributed by atoms with E-state index in [1.165, 1.54) is 24.6 Å². The van der Waals surface area contributed by atoms with Crippen molar-refractivity contribution in [3.05, 3.63) is 11.8 Å². The first kappa shape index (κ1) is 28.2. The van der Waals surface area contributed by atoms with E-state index in [1.54, 1.807) is 0 Å². The van der Waals surface area contributed by atoms with Gasteiger partial charge in [-0.15, -0.1) is 4.37 Å². The Morgan fingerprint density at radius 2 is 1.85 bits per heavy atom. The molecule has 9 heteroatoms. The Balaban J connectivity index is 1.86. The van der Waals surface area contributed by atoms with Gasteiger partial charge in [0.05, 0.1) is 31.9 Å². The molecule has 192 valence electrons. The maximum absolute atomic E-state index is 12.4. The molecule has 0 bridgehead atoms. The molecule has 1 unspecified atom stereocenters. The highest BCUT2D eigenvalue weighted by molar-refractivity contribution is 6.99. The zero-order valence-corrected chi connectivity index (χ0v) is 22.5. The molecule has 1 aromatic rings. The van der Waals surface area contributed by atoms with Crippen molar-refractivity contribution in [2.75, 3.05) is 26.7 Å². The number of esters is 2. The van der Waals surface area contributed by atoms with Crippen LogP contribution < -0.4 is 4.74 Å². The summed E-state index contributed by atoms with van der Waals surface area (Å²) < 4.78 is 26.4. The number of carbonyl (C=O) groups is 2. The first-order valence-corrected chi connectivity index (χ1v) is 13.2. The van der Waals surface area contributed by atoms with E-state index in [-0.39, 0.29) is 31.0 Å². The predicted molar refractivity (Wildman–Crippen MR) is 133 cm³/mol. The number of hydrogen-bond acceptors (Lipinski definition) is 8. The molecule has 0 saturated carbocycles. The van der Waals surface area contributed by atoms with Crippen LogP contribution >= 0.6 is 11.7 Å². The van der Waals surface area contributed by atoms with Crippen molar-refractivity contribution < 1.29 is 28.3 Å². The summed E-state index contributed by atoms with van der Waals surface area (Å²) in [6, 6.07) is 0. The van der Waals surface area contributed by atoms with Crippen LogP contribution in [-0.4, -0.2) is 63.7 Å². The number of hydrogen-bond donors (Lipinski definition) is 0. The quantitative estimate of drug-likeness (QED) is 0.212. The first-order chi connectivity index (χ1) is 16.0. The number of unbranched alkanes of at least 4 members (excludes halogenated alkanes) is 3. The van der Waals surface area contributed by atoms with Crippen LogP contribution in [0.25, 0.3) is 5.57 Å². The summed E-state index contributed by atoms with van der Waals surface area (Å²) in [5.41, 5.74) is 1.37. The Morgan fingerprint density at radius 3 is 2.56 bits per heavy atom. The summed E-state index contributed by atoms with van der Waals surface area (Å²) in [4.78, 5) is 24.3. The smallest absolute Gasteiger partial charge is 0.310 e. The Labute approximate surface area is 208 Å². The molecule has 0 N–H and O–H groups in total. The highest BCUT2D eigenvalue weighted by Gasteiger charge is 2.36. The topological polar surface area (TPSA) is 87.6 Å². The monoisotopic (exact) mass is 496 g/mol. The Morgan fingerprint density at radius 1 is 1.12 bits per heavy atom. The minimum atomic E-state index is -0.517. The van der Waals surface area contributed by atoms with Crippen LogP contribution in [-0.2, 0) is 19.1 Å². The molecule has 0 spiro atoms. The molecule has 1 aliphatic rings. The molecule has 2 heterocycles. The Kier molecular flexibility index (Phi) is 11.0. The van der Waals surface area contributed by atoms with E-state index in [0.29, 0.717) is 29.9 Å². The van der Waals surface area contributed by atoms with Gasteiger partial charge in [0.25, 0.3) is 5.88 Å². The molecule has 8 nitrogen and oxygen atoms in total. The summed E-state index contributed by atoms with van der Waals surface area (Å²) in [5.74, 6) is 0.0179. The van der Waals surface area contributed by atoms with Crippen molar-refractivity contribution in [1.29, 1.82) is 0 Å². The highest BCUT2D eigenvalue weighted by atomic mass is 32.1. The third kappa shape index (κ3) is 9.33. The normalized spacial score (nSPS) is 19.3. The molecule has 2 rings (SSSR count). The molecule has 1 aromatic heterocycles. The van der Waals surface area contributed by atoms with Gasteiger partial charge in [-0.05, 0) is 33.6 Å². The lowest BCUT2D eigenvalue weighted by molar-refractivity contribution is -0.944. The predicted octanol–water partition coefficient (Wildman–Crippen LogP) is 5.13. The summed E-state index contributed by atoms with van der Waals surface area (Å²) in [5, 5.41) is 0. The Bertz CT molecular complexity index is 833. The second kappa shape index (κ2) is 13.2. The number of likely N-dealkylation sites (N-methyl/N-ethyl adjacent to an activating group) is 1. The average molecular weight is 497 g/mol. The minimum Gasteiger partial charge on any atom is -0.475 e. The number of rotatable bonds is 13. The summed E-state index contributed by atoms with van der Waals surface area (Å²) in [6.45, 7) is 11.8. The van der Waals surface area contributed by atoms with Crippen LogP contribution in [0.4, 0.5) is 0 Å². The molecule has 34 heavy (non-hydrogen) atoms. The number of aromatic nitrogens is 2. The van der Waals surface area contributed by atoms with Gasteiger partial charge in [0.2, 0.25) is 6.23 Å². The van der Waals surface area contributed by atoms with Crippen molar-refractivity contribution in [3.63, 3.8) is 0 Å². The molecule has 1 aliphatic heterocycles. The number of nitrogens with zero attached hydrogens (tertiary/aromatic N) is 3. The average Bonchev–Trinajstić information content (AvgIpc) is 3.21. The summed E-state index contributed by atoms with van der Waals surface area (Å²) in [6.07, 6.45) is 8.12. The van der Waals surface area contributed by atoms with Crippen LogP contribution in [0.2, 0.25) is 0 Å². The lowest BCUT2D eigenvalue weighted by Gasteiger charge is -2.41. The largest absolute Gasteiger partial charge is 0.475 e. The van der Waals surface area contributed by atoms with Gasteiger partial charge in [-0.1, -0.05) is 32.3 Å². The fraction of sp³-hybridized carbons (Fsp3) is 0.760. The van der Waals surface area contributed by atoms with Crippen molar-refractivity contribution in [2.24, 2.45) is 0 Å². The number of quaternary nitrogens is 1. The molecule has 0 aliphatic carbocycles. The highest BCUT2D eigenvalue weighted by Crippen LogP contribution is 2.31. The van der Waals surface area contributed by atoms with Gasteiger partial charge in [-0.25, -0.2) is 0 Å². The van der Waals surface area contributed by atoms with Crippen LogP contribution in [0.3, 0.4) is 0 Å². The van der Waals surface area contributed by atoms with Crippen molar-refractivity contribution in [2.45, 2.75) is 97.8 Å². The fourth-order valence-electron chi connectivity index (χ4n) is 3.86. The van der Waals surface area contributed by atoms with Crippen molar-refractivity contribution in [3.8, 4) is 5.88 Å². The third-order valence-corrected chi connectivity index (χ3v) is 6.43. The number of carbonyl (C=O) groups excluding carboxylic acids is 2. The van der Waals surface area contributed by atoms with Gasteiger partial charge < -0.3 is 14.2 Å². The van der Waals surface area contributed by atoms with Gasteiger partial charge in [-0.3, -0.25) is 14.1 Å². The summed E-state index contributed by atoms with van der Waals surface area (Å²) in [7, 11) is 2.09. The first-order valence-electron chi connectivity index (χ1n) is 12.4. The lowest BCUT2D eigenvalue weighted by Crippen LogP contribution is -2.55. The molecule has 0 radical (unpaired) electrons. The molecule has 0 amide bonds. The minimum absolute atomic E-state index is 0.193. The zero-order chi connectivity index (χ0) is 25.2. The summed E-state index contributed by atoms with van der Waals surface area (Å²) >= 11 is 1.17. The number of ether oxygens (including phenoxy) is 3.